The van der Waals surface area contributed by atoms with E-state index >= 15 is 0 Å². The highest BCUT2D eigenvalue weighted by molar-refractivity contribution is 6.31. The number of ether oxygens (including phenoxy) is 2. The van der Waals surface area contributed by atoms with Gasteiger partial charge in [0.25, 0.3) is 5.91 Å². The molecular formula is C26H30ClN3O5. The third-order valence-electron chi connectivity index (χ3n) is 5.67. The summed E-state index contributed by atoms with van der Waals surface area (Å²) in [7, 11) is 0. The van der Waals surface area contributed by atoms with Crippen LogP contribution in [0.15, 0.2) is 48.7 Å². The Balaban J connectivity index is 1.64. The second-order valence-corrected chi connectivity index (χ2v) is 9.92. The molecular weight excluding hydrogens is 470 g/mol. The van der Waals surface area contributed by atoms with Crippen LogP contribution in [0.25, 0.3) is 10.9 Å². The highest BCUT2D eigenvalue weighted by Crippen LogP contribution is 2.27. The predicted molar refractivity (Wildman–Crippen MR) is 134 cm³/mol. The minimum atomic E-state index is -1.18. The zero-order chi connectivity index (χ0) is 25.2. The summed E-state index contributed by atoms with van der Waals surface area (Å²) >= 11 is 6.24. The minimum Gasteiger partial charge on any atom is -0.459 e. The normalized spacial score (nSPS) is 16.9. The van der Waals surface area contributed by atoms with Gasteiger partial charge < -0.3 is 29.4 Å². The number of aliphatic hydroxyl groups is 1. The van der Waals surface area contributed by atoms with Crippen molar-refractivity contribution in [2.75, 3.05) is 25.0 Å². The van der Waals surface area contributed by atoms with E-state index in [1.54, 1.807) is 33.9 Å². The van der Waals surface area contributed by atoms with Crippen LogP contribution < -0.4 is 5.32 Å². The number of halogens is 1. The number of benzene rings is 2. The molecule has 35 heavy (non-hydrogen) atoms. The SMILES string of the molecule is CC(C)(C)OC(=O)Cn1cc(C(=O)N2CCOC(O)Nc3ccccc3CC2)c2ccc(Cl)cc21. The molecule has 2 N–H and O–H groups in total. The molecule has 9 heteroatoms. The molecule has 2 heterocycles. The minimum absolute atomic E-state index is 0.0459. The number of hydrogen-bond acceptors (Lipinski definition) is 6. The Labute approximate surface area is 209 Å². The summed E-state index contributed by atoms with van der Waals surface area (Å²) in [6, 6.07) is 12.9. The highest BCUT2D eigenvalue weighted by Gasteiger charge is 2.24. The molecule has 1 aliphatic rings. The van der Waals surface area contributed by atoms with Crippen molar-refractivity contribution in [1.82, 2.24) is 9.47 Å². The van der Waals surface area contributed by atoms with Gasteiger partial charge in [0, 0.05) is 35.4 Å². The van der Waals surface area contributed by atoms with E-state index in [2.05, 4.69) is 5.32 Å². The first kappa shape index (κ1) is 25.0. The van der Waals surface area contributed by atoms with Crippen LogP contribution in [0.5, 0.6) is 0 Å². The summed E-state index contributed by atoms with van der Waals surface area (Å²) in [5.41, 5.74) is 2.25. The van der Waals surface area contributed by atoms with Crippen LogP contribution in [0.2, 0.25) is 5.02 Å². The summed E-state index contributed by atoms with van der Waals surface area (Å²) in [5.74, 6) is -0.594. The summed E-state index contributed by atoms with van der Waals surface area (Å²) in [5, 5.41) is 14.3. The third-order valence-corrected chi connectivity index (χ3v) is 5.90. The number of hydrogen-bond donors (Lipinski definition) is 2. The number of esters is 1. The van der Waals surface area contributed by atoms with Crippen LogP contribution in [0.3, 0.4) is 0 Å². The van der Waals surface area contributed by atoms with Gasteiger partial charge in [0.2, 0.25) is 6.41 Å². The third kappa shape index (κ3) is 6.14. The molecule has 1 amide bonds. The van der Waals surface area contributed by atoms with E-state index in [1.807, 2.05) is 45.0 Å². The molecule has 2 aromatic carbocycles. The van der Waals surface area contributed by atoms with E-state index < -0.39 is 18.0 Å². The topological polar surface area (TPSA) is 93.0 Å². The van der Waals surface area contributed by atoms with Crippen LogP contribution in [0, 0.1) is 0 Å². The van der Waals surface area contributed by atoms with E-state index in [-0.39, 0.29) is 19.1 Å². The van der Waals surface area contributed by atoms with E-state index in [0.717, 1.165) is 11.3 Å². The second kappa shape index (κ2) is 10.3. The molecule has 0 aliphatic carbocycles. The predicted octanol–water partition coefficient (Wildman–Crippen LogP) is 4.04. The van der Waals surface area contributed by atoms with E-state index in [0.29, 0.717) is 41.0 Å². The maximum absolute atomic E-state index is 13.7. The molecule has 1 unspecified atom stereocenters. The summed E-state index contributed by atoms with van der Waals surface area (Å²) in [6.07, 6.45) is 1.10. The molecule has 0 saturated heterocycles. The molecule has 0 spiro atoms. The molecule has 0 fully saturated rings. The van der Waals surface area contributed by atoms with Crippen LogP contribution in [0.4, 0.5) is 5.69 Å². The average molecular weight is 500 g/mol. The van der Waals surface area contributed by atoms with Crippen molar-refractivity contribution in [3.05, 3.63) is 64.8 Å². The number of aliphatic hydroxyl groups excluding tert-OH is 1. The lowest BCUT2D eigenvalue weighted by molar-refractivity contribution is -0.155. The van der Waals surface area contributed by atoms with Gasteiger partial charge in [-0.15, -0.1) is 0 Å². The number of nitrogens with zero attached hydrogens (tertiary/aromatic N) is 2. The average Bonchev–Trinajstić information content (AvgIpc) is 3.12. The van der Waals surface area contributed by atoms with Gasteiger partial charge >= 0.3 is 5.97 Å². The monoisotopic (exact) mass is 499 g/mol. The van der Waals surface area contributed by atoms with Crippen molar-refractivity contribution in [2.45, 2.75) is 45.8 Å². The van der Waals surface area contributed by atoms with Crippen molar-refractivity contribution in [3.8, 4) is 0 Å². The lowest BCUT2D eigenvalue weighted by Gasteiger charge is -2.26. The maximum atomic E-state index is 13.7. The van der Waals surface area contributed by atoms with E-state index in [4.69, 9.17) is 21.1 Å². The first-order valence-electron chi connectivity index (χ1n) is 11.5. The van der Waals surface area contributed by atoms with Gasteiger partial charge in [-0.1, -0.05) is 35.9 Å². The van der Waals surface area contributed by atoms with Gasteiger partial charge in [-0.3, -0.25) is 9.59 Å². The molecule has 1 atom stereocenters. The van der Waals surface area contributed by atoms with Gasteiger partial charge in [-0.05, 0) is 51.0 Å². The number of carbonyl (C=O) groups is 2. The van der Waals surface area contributed by atoms with E-state index in [1.165, 1.54) is 0 Å². The first-order valence-corrected chi connectivity index (χ1v) is 11.9. The second-order valence-electron chi connectivity index (χ2n) is 9.49. The zero-order valence-electron chi connectivity index (χ0n) is 20.1. The van der Waals surface area contributed by atoms with Gasteiger partial charge in [0.05, 0.1) is 17.7 Å². The number of aromatic nitrogens is 1. The van der Waals surface area contributed by atoms with Gasteiger partial charge in [-0.25, -0.2) is 0 Å². The Morgan fingerprint density at radius 2 is 1.97 bits per heavy atom. The fraction of sp³-hybridized carbons (Fsp3) is 0.385. The molecule has 186 valence electrons. The van der Waals surface area contributed by atoms with Gasteiger partial charge in [0.15, 0.2) is 0 Å². The van der Waals surface area contributed by atoms with E-state index in [9.17, 15) is 14.7 Å². The smallest absolute Gasteiger partial charge is 0.326 e. The number of nitrogens with one attached hydrogen (secondary N) is 1. The standard InChI is InChI=1S/C26H30ClN3O5/c1-26(2,3)35-23(31)16-30-15-20(19-9-8-18(27)14-22(19)30)24(32)29-11-10-17-6-4-5-7-21(17)28-25(33)34-13-12-29/h4-9,14-15,25,28,33H,10-13,16H2,1-3H3. The number of rotatable bonds is 3. The van der Waals surface area contributed by atoms with Crippen molar-refractivity contribution >= 4 is 40.1 Å². The molecule has 3 aromatic rings. The zero-order valence-corrected chi connectivity index (χ0v) is 20.8. The summed E-state index contributed by atoms with van der Waals surface area (Å²) in [6.45, 7) is 6.30. The van der Waals surface area contributed by atoms with Crippen LogP contribution in [-0.2, 0) is 27.2 Å². The van der Waals surface area contributed by atoms with Crippen LogP contribution in [-0.4, -0.2) is 58.2 Å². The number of anilines is 1. The van der Waals surface area contributed by atoms with Gasteiger partial charge in [0.1, 0.15) is 12.1 Å². The Morgan fingerprint density at radius 1 is 1.20 bits per heavy atom. The fourth-order valence-electron chi connectivity index (χ4n) is 4.15. The summed E-state index contributed by atoms with van der Waals surface area (Å²) in [4.78, 5) is 27.9. The number of fused-ring (bicyclic) bond motifs is 2. The largest absolute Gasteiger partial charge is 0.459 e. The van der Waals surface area contributed by atoms with Gasteiger partial charge in [-0.2, -0.15) is 0 Å². The number of carbonyl (C=O) groups excluding carboxylic acids is 2. The van der Waals surface area contributed by atoms with Crippen molar-refractivity contribution < 1.29 is 24.2 Å². The molecule has 0 bridgehead atoms. The Morgan fingerprint density at radius 3 is 2.74 bits per heavy atom. The van der Waals surface area contributed by atoms with Crippen LogP contribution in [0.1, 0.15) is 36.7 Å². The number of amides is 1. The Hall–Kier alpha value is -3.07. The lowest BCUT2D eigenvalue weighted by atomic mass is 10.1. The Bertz CT molecular complexity index is 1230. The van der Waals surface area contributed by atoms with Crippen molar-refractivity contribution in [1.29, 1.82) is 0 Å². The van der Waals surface area contributed by atoms with Crippen molar-refractivity contribution in [3.63, 3.8) is 0 Å². The molecule has 0 saturated carbocycles. The van der Waals surface area contributed by atoms with Crippen LogP contribution >= 0.6 is 11.6 Å². The maximum Gasteiger partial charge on any atom is 0.326 e. The molecule has 8 nitrogen and oxygen atoms in total. The molecule has 1 aliphatic heterocycles. The quantitative estimate of drug-likeness (QED) is 0.528. The number of para-hydroxylation sites is 1. The lowest BCUT2D eigenvalue weighted by Crippen LogP contribution is -2.38. The summed E-state index contributed by atoms with van der Waals surface area (Å²) < 4.78 is 12.6. The molecule has 4 rings (SSSR count). The first-order chi connectivity index (χ1) is 16.6. The Kier molecular flexibility index (Phi) is 7.35. The highest BCUT2D eigenvalue weighted by atomic mass is 35.5. The molecule has 0 radical (unpaired) electrons. The fourth-order valence-corrected chi connectivity index (χ4v) is 4.31. The molecule has 1 aromatic heterocycles. The van der Waals surface area contributed by atoms with Crippen molar-refractivity contribution in [2.24, 2.45) is 0 Å².